The van der Waals surface area contributed by atoms with E-state index in [0.29, 0.717) is 0 Å². The highest BCUT2D eigenvalue weighted by molar-refractivity contribution is 7.51. The van der Waals surface area contributed by atoms with Crippen LogP contribution < -0.4 is 11.5 Å². The number of hydrogen-bond donors (Lipinski definition) is 4. The Morgan fingerprint density at radius 1 is 1.43 bits per heavy atom. The van der Waals surface area contributed by atoms with Crippen molar-refractivity contribution >= 4 is 19.5 Å². The number of amides is 1. The van der Waals surface area contributed by atoms with Gasteiger partial charge in [-0.15, -0.1) is 0 Å². The Kier molecular flexibility index (Phi) is 3.81. The summed E-state index contributed by atoms with van der Waals surface area (Å²) in [5, 5.41) is 0. The van der Waals surface area contributed by atoms with E-state index < -0.39 is 31.0 Å². The highest BCUT2D eigenvalue weighted by Gasteiger charge is 2.35. The second kappa shape index (κ2) is 4.08. The van der Waals surface area contributed by atoms with Gasteiger partial charge in [-0.2, -0.15) is 4.99 Å². The van der Waals surface area contributed by atoms with Crippen LogP contribution in [-0.4, -0.2) is 27.8 Å². The summed E-state index contributed by atoms with van der Waals surface area (Å²) in [6.07, 6.45) is -0.588. The maximum absolute atomic E-state index is 11.3. The van der Waals surface area contributed by atoms with Crippen molar-refractivity contribution in [1.82, 2.24) is 0 Å². The lowest BCUT2D eigenvalue weighted by molar-refractivity contribution is -0.124. The van der Waals surface area contributed by atoms with Gasteiger partial charge < -0.3 is 21.3 Å². The van der Waals surface area contributed by atoms with E-state index in [0.717, 1.165) is 0 Å². The van der Waals surface area contributed by atoms with E-state index in [-0.39, 0.29) is 0 Å². The quantitative estimate of drug-likeness (QED) is 0.274. The standard InChI is InChI=1S/C6H14N3O4P/c1-6(2,3-14(11,12)13)4(10)9-5(7)8/h3H2,1-2H3,(H2,11,12,13)(H4,7,8,9,10). The fourth-order valence-corrected chi connectivity index (χ4v) is 2.02. The highest BCUT2D eigenvalue weighted by atomic mass is 31.2. The number of nitrogens with two attached hydrogens (primary N) is 2. The molecule has 0 aromatic rings. The molecule has 0 heterocycles. The highest BCUT2D eigenvalue weighted by Crippen LogP contribution is 2.42. The molecule has 0 radical (unpaired) electrons. The summed E-state index contributed by atoms with van der Waals surface area (Å²) in [6, 6.07) is 0. The summed E-state index contributed by atoms with van der Waals surface area (Å²) in [6.45, 7) is 2.72. The van der Waals surface area contributed by atoms with Crippen LogP contribution >= 0.6 is 7.60 Å². The van der Waals surface area contributed by atoms with Gasteiger partial charge in [-0.05, 0) is 0 Å². The Hall–Kier alpha value is -0.910. The third kappa shape index (κ3) is 4.96. The molecule has 0 fully saturated rings. The van der Waals surface area contributed by atoms with Crippen molar-refractivity contribution < 1.29 is 19.1 Å². The van der Waals surface area contributed by atoms with Crippen LogP contribution in [0.3, 0.4) is 0 Å². The number of carbonyl (C=O) groups excluding carboxylic acids is 1. The summed E-state index contributed by atoms with van der Waals surface area (Å²) >= 11 is 0. The van der Waals surface area contributed by atoms with Crippen molar-refractivity contribution in [3.63, 3.8) is 0 Å². The molecule has 0 spiro atoms. The molecule has 0 bridgehead atoms. The summed E-state index contributed by atoms with van der Waals surface area (Å²) in [5.74, 6) is -1.17. The van der Waals surface area contributed by atoms with Gasteiger partial charge in [0.05, 0.1) is 11.6 Å². The SMILES string of the molecule is CC(C)(CP(=O)(O)O)C(=O)N=C(N)N. The summed E-state index contributed by atoms with van der Waals surface area (Å²) in [7, 11) is -4.26. The van der Waals surface area contributed by atoms with Gasteiger partial charge in [0.1, 0.15) is 0 Å². The summed E-state index contributed by atoms with van der Waals surface area (Å²) in [4.78, 5) is 31.9. The van der Waals surface area contributed by atoms with Gasteiger partial charge in [-0.1, -0.05) is 13.8 Å². The molecule has 82 valence electrons. The monoisotopic (exact) mass is 223 g/mol. The summed E-state index contributed by atoms with van der Waals surface area (Å²) < 4.78 is 10.7. The van der Waals surface area contributed by atoms with Crippen molar-refractivity contribution in [2.45, 2.75) is 13.8 Å². The predicted octanol–water partition coefficient (Wildman–Crippen LogP) is -1.01. The average molecular weight is 223 g/mol. The molecular formula is C6H14N3O4P. The molecule has 0 aromatic carbocycles. The fraction of sp³-hybridized carbons (Fsp3) is 0.667. The van der Waals surface area contributed by atoms with E-state index in [4.69, 9.17) is 21.3 Å². The minimum Gasteiger partial charge on any atom is -0.370 e. The number of guanidine groups is 1. The molecule has 8 heteroatoms. The Bertz CT molecular complexity index is 302. The number of carbonyl (C=O) groups is 1. The van der Waals surface area contributed by atoms with Gasteiger partial charge in [0.25, 0.3) is 5.91 Å². The molecule has 0 aliphatic rings. The van der Waals surface area contributed by atoms with Gasteiger partial charge in [0.2, 0.25) is 0 Å². The van der Waals surface area contributed by atoms with E-state index in [1.165, 1.54) is 13.8 Å². The van der Waals surface area contributed by atoms with Gasteiger partial charge in [-0.3, -0.25) is 9.36 Å². The van der Waals surface area contributed by atoms with Crippen LogP contribution in [0.15, 0.2) is 4.99 Å². The number of hydrogen-bond acceptors (Lipinski definition) is 2. The van der Waals surface area contributed by atoms with Crippen LogP contribution in [0.25, 0.3) is 0 Å². The van der Waals surface area contributed by atoms with Crippen molar-refractivity contribution in [3.05, 3.63) is 0 Å². The normalized spacial score (nSPS) is 12.3. The van der Waals surface area contributed by atoms with Gasteiger partial charge in [0, 0.05) is 0 Å². The van der Waals surface area contributed by atoms with E-state index in [1.54, 1.807) is 0 Å². The van der Waals surface area contributed by atoms with E-state index in [2.05, 4.69) is 4.99 Å². The van der Waals surface area contributed by atoms with Crippen molar-refractivity contribution in [2.75, 3.05) is 6.16 Å². The van der Waals surface area contributed by atoms with Crippen LogP contribution in [0.2, 0.25) is 0 Å². The maximum atomic E-state index is 11.3. The Labute approximate surface area is 81.4 Å². The van der Waals surface area contributed by atoms with Crippen molar-refractivity contribution in [1.29, 1.82) is 0 Å². The third-order valence-electron chi connectivity index (χ3n) is 1.41. The Balaban J connectivity index is 4.72. The molecule has 0 aliphatic heterocycles. The zero-order valence-corrected chi connectivity index (χ0v) is 8.86. The van der Waals surface area contributed by atoms with Crippen LogP contribution in [-0.2, 0) is 9.36 Å². The maximum Gasteiger partial charge on any atom is 0.326 e. The Morgan fingerprint density at radius 3 is 2.14 bits per heavy atom. The molecule has 0 saturated carbocycles. The molecular weight excluding hydrogens is 209 g/mol. The molecule has 0 rings (SSSR count). The van der Waals surface area contributed by atoms with Gasteiger partial charge >= 0.3 is 7.60 Å². The molecule has 0 unspecified atom stereocenters. The molecule has 0 saturated heterocycles. The largest absolute Gasteiger partial charge is 0.370 e. The van der Waals surface area contributed by atoms with Crippen LogP contribution in [0.4, 0.5) is 0 Å². The van der Waals surface area contributed by atoms with E-state index >= 15 is 0 Å². The zero-order valence-electron chi connectivity index (χ0n) is 7.97. The molecule has 6 N–H and O–H groups in total. The summed E-state index contributed by atoms with van der Waals surface area (Å²) in [5.41, 5.74) is 8.66. The first-order valence-electron chi connectivity index (χ1n) is 3.73. The first-order valence-corrected chi connectivity index (χ1v) is 5.53. The third-order valence-corrected chi connectivity index (χ3v) is 2.61. The molecule has 7 nitrogen and oxygen atoms in total. The van der Waals surface area contributed by atoms with Crippen LogP contribution in [0, 0.1) is 5.41 Å². The molecule has 14 heavy (non-hydrogen) atoms. The second-order valence-corrected chi connectivity index (χ2v) is 5.19. The van der Waals surface area contributed by atoms with Crippen LogP contribution in [0.1, 0.15) is 13.8 Å². The minimum absolute atomic E-state index is 0.422. The van der Waals surface area contributed by atoms with Crippen molar-refractivity contribution in [2.24, 2.45) is 21.9 Å². The number of nitrogens with zero attached hydrogens (tertiary/aromatic N) is 1. The fourth-order valence-electron chi connectivity index (χ4n) is 0.851. The Morgan fingerprint density at radius 2 is 1.86 bits per heavy atom. The molecule has 0 atom stereocenters. The van der Waals surface area contributed by atoms with Gasteiger partial charge in [0.15, 0.2) is 5.96 Å². The minimum atomic E-state index is -4.26. The zero-order chi connectivity index (χ0) is 11.6. The molecule has 0 aromatic heterocycles. The van der Waals surface area contributed by atoms with Crippen LogP contribution in [0.5, 0.6) is 0 Å². The van der Waals surface area contributed by atoms with Gasteiger partial charge in [-0.25, -0.2) is 0 Å². The second-order valence-electron chi connectivity index (χ2n) is 3.55. The topological polar surface area (TPSA) is 139 Å². The van der Waals surface area contributed by atoms with E-state index in [1.807, 2.05) is 0 Å². The average Bonchev–Trinajstić information content (AvgIpc) is 1.78. The smallest absolute Gasteiger partial charge is 0.326 e. The molecule has 0 aliphatic carbocycles. The van der Waals surface area contributed by atoms with Crippen molar-refractivity contribution in [3.8, 4) is 0 Å². The molecule has 1 amide bonds. The number of rotatable bonds is 3. The lowest BCUT2D eigenvalue weighted by atomic mass is 9.96. The lowest BCUT2D eigenvalue weighted by Crippen LogP contribution is -2.32. The first kappa shape index (κ1) is 13.1. The lowest BCUT2D eigenvalue weighted by Gasteiger charge is -2.20. The number of aliphatic imine (C=N–C) groups is 1. The van der Waals surface area contributed by atoms with E-state index in [9.17, 15) is 9.36 Å². The first-order chi connectivity index (χ1) is 6.04. The predicted molar refractivity (Wildman–Crippen MR) is 51.5 cm³/mol.